The largest absolute Gasteiger partial charge is 0.461 e. The molecule has 0 spiro atoms. The summed E-state index contributed by atoms with van der Waals surface area (Å²) < 4.78 is 19.5. The third kappa shape index (κ3) is 2.95. The van der Waals surface area contributed by atoms with Crippen molar-refractivity contribution in [2.24, 2.45) is 0 Å². The minimum atomic E-state index is -0.825. The monoisotopic (exact) mass is 310 g/mol. The summed E-state index contributed by atoms with van der Waals surface area (Å²) in [5.74, 6) is -2.32. The summed E-state index contributed by atoms with van der Waals surface area (Å²) in [5.41, 5.74) is 0.0188. The van der Waals surface area contributed by atoms with Crippen LogP contribution in [0.3, 0.4) is 0 Å². The van der Waals surface area contributed by atoms with Crippen LogP contribution in [-0.4, -0.2) is 28.3 Å². The first-order valence-corrected chi connectivity index (χ1v) is 6.56. The number of hydrogen-bond donors (Lipinski definition) is 0. The first-order chi connectivity index (χ1) is 9.95. The maximum absolute atomic E-state index is 13.8. The molecule has 1 heterocycles. The first-order valence-electron chi connectivity index (χ1n) is 6.18. The molecule has 1 aromatic carbocycles. The van der Waals surface area contributed by atoms with Crippen LogP contribution in [0, 0.1) is 12.7 Å². The van der Waals surface area contributed by atoms with Crippen molar-refractivity contribution < 1.29 is 18.7 Å². The third-order valence-corrected chi connectivity index (χ3v) is 3.00. The molecule has 0 saturated carbocycles. The summed E-state index contributed by atoms with van der Waals surface area (Å²) >= 11 is 5.86. The average molecular weight is 311 g/mol. The van der Waals surface area contributed by atoms with Gasteiger partial charge < -0.3 is 4.74 Å². The van der Waals surface area contributed by atoms with Gasteiger partial charge in [0, 0.05) is 0 Å². The van der Waals surface area contributed by atoms with Crippen LogP contribution in [0.4, 0.5) is 4.39 Å². The van der Waals surface area contributed by atoms with Crippen LogP contribution < -0.4 is 0 Å². The Kier molecular flexibility index (Phi) is 4.37. The number of rotatable bonds is 3. The predicted molar refractivity (Wildman–Crippen MR) is 74.1 cm³/mol. The van der Waals surface area contributed by atoms with E-state index in [0.717, 1.165) is 10.7 Å². The van der Waals surface area contributed by atoms with Crippen molar-refractivity contribution in [3.63, 3.8) is 0 Å². The second-order valence-corrected chi connectivity index (χ2v) is 4.61. The molecule has 0 bridgehead atoms. The molecule has 0 fully saturated rings. The number of carbonyl (C=O) groups excluding carboxylic acids is 2. The van der Waals surface area contributed by atoms with Crippen molar-refractivity contribution in [2.75, 3.05) is 6.61 Å². The SMILES string of the molecule is CCOC(=O)c1cc(C)nn1C(=O)c1c(F)cccc1Cl. The summed E-state index contributed by atoms with van der Waals surface area (Å²) in [6.07, 6.45) is 0. The van der Waals surface area contributed by atoms with Crippen LogP contribution in [0.25, 0.3) is 0 Å². The van der Waals surface area contributed by atoms with Gasteiger partial charge in [-0.25, -0.2) is 9.18 Å². The van der Waals surface area contributed by atoms with E-state index in [2.05, 4.69) is 5.10 Å². The number of aromatic nitrogens is 2. The van der Waals surface area contributed by atoms with Crippen LogP contribution in [0.15, 0.2) is 24.3 Å². The lowest BCUT2D eigenvalue weighted by atomic mass is 10.2. The normalized spacial score (nSPS) is 10.5. The van der Waals surface area contributed by atoms with Crippen molar-refractivity contribution in [1.82, 2.24) is 9.78 Å². The van der Waals surface area contributed by atoms with E-state index in [9.17, 15) is 14.0 Å². The van der Waals surface area contributed by atoms with Gasteiger partial charge in [0.1, 0.15) is 5.82 Å². The predicted octanol–water partition coefficient (Wildman–Crippen LogP) is 2.85. The highest BCUT2D eigenvalue weighted by atomic mass is 35.5. The highest BCUT2D eigenvalue weighted by molar-refractivity contribution is 6.34. The Bertz CT molecular complexity index is 692. The molecule has 0 atom stereocenters. The molecule has 0 radical (unpaired) electrons. The molecule has 0 N–H and O–H groups in total. The van der Waals surface area contributed by atoms with Gasteiger partial charge in [0.05, 0.1) is 22.9 Å². The van der Waals surface area contributed by atoms with E-state index in [0.29, 0.717) is 5.69 Å². The van der Waals surface area contributed by atoms with Crippen LogP contribution in [-0.2, 0) is 4.74 Å². The van der Waals surface area contributed by atoms with Crippen molar-refractivity contribution in [3.05, 3.63) is 52.1 Å². The number of aryl methyl sites for hydroxylation is 1. The number of esters is 1. The first kappa shape index (κ1) is 15.2. The van der Waals surface area contributed by atoms with Gasteiger partial charge in [-0.3, -0.25) is 4.79 Å². The zero-order valence-corrected chi connectivity index (χ0v) is 12.1. The average Bonchev–Trinajstić information content (AvgIpc) is 2.81. The van der Waals surface area contributed by atoms with Gasteiger partial charge in [0.2, 0.25) is 0 Å². The maximum Gasteiger partial charge on any atom is 0.357 e. The fraction of sp³-hybridized carbons (Fsp3) is 0.214. The number of hydrogen-bond acceptors (Lipinski definition) is 4. The molecule has 0 amide bonds. The van der Waals surface area contributed by atoms with E-state index in [4.69, 9.17) is 16.3 Å². The Morgan fingerprint density at radius 3 is 2.76 bits per heavy atom. The minimum Gasteiger partial charge on any atom is -0.461 e. The fourth-order valence-electron chi connectivity index (χ4n) is 1.81. The molecule has 0 saturated heterocycles. The zero-order chi connectivity index (χ0) is 15.6. The highest BCUT2D eigenvalue weighted by Crippen LogP contribution is 2.21. The number of benzene rings is 1. The van der Waals surface area contributed by atoms with Crippen LogP contribution in [0.5, 0.6) is 0 Å². The molecular weight excluding hydrogens is 299 g/mol. The van der Waals surface area contributed by atoms with Gasteiger partial charge in [-0.2, -0.15) is 9.78 Å². The minimum absolute atomic E-state index is 0.0528. The number of carbonyl (C=O) groups is 2. The Balaban J connectivity index is 2.52. The summed E-state index contributed by atoms with van der Waals surface area (Å²) in [4.78, 5) is 24.2. The lowest BCUT2D eigenvalue weighted by molar-refractivity contribution is 0.0507. The fourth-order valence-corrected chi connectivity index (χ4v) is 2.06. The summed E-state index contributed by atoms with van der Waals surface area (Å²) in [6.45, 7) is 3.40. The Morgan fingerprint density at radius 1 is 1.43 bits per heavy atom. The Labute approximate surface area is 125 Å². The van der Waals surface area contributed by atoms with Crippen molar-refractivity contribution in [3.8, 4) is 0 Å². The molecule has 0 unspecified atom stereocenters. The lowest BCUT2D eigenvalue weighted by Gasteiger charge is -2.07. The second-order valence-electron chi connectivity index (χ2n) is 4.21. The van der Waals surface area contributed by atoms with Crippen molar-refractivity contribution in [1.29, 1.82) is 0 Å². The molecule has 5 nitrogen and oxygen atoms in total. The summed E-state index contributed by atoms with van der Waals surface area (Å²) in [7, 11) is 0. The molecule has 1 aromatic heterocycles. The van der Waals surface area contributed by atoms with Gasteiger partial charge in [-0.05, 0) is 32.0 Å². The smallest absolute Gasteiger partial charge is 0.357 e. The van der Waals surface area contributed by atoms with Gasteiger partial charge in [-0.1, -0.05) is 17.7 Å². The molecule has 2 rings (SSSR count). The van der Waals surface area contributed by atoms with Gasteiger partial charge in [0.15, 0.2) is 5.69 Å². The molecule has 2 aromatic rings. The van der Waals surface area contributed by atoms with Crippen LogP contribution in [0.2, 0.25) is 5.02 Å². The van der Waals surface area contributed by atoms with Gasteiger partial charge >= 0.3 is 5.97 Å². The molecule has 21 heavy (non-hydrogen) atoms. The van der Waals surface area contributed by atoms with E-state index in [-0.39, 0.29) is 22.9 Å². The van der Waals surface area contributed by atoms with Crippen LogP contribution >= 0.6 is 11.6 Å². The van der Waals surface area contributed by atoms with Gasteiger partial charge in [-0.15, -0.1) is 0 Å². The molecule has 0 aliphatic heterocycles. The quantitative estimate of drug-likeness (QED) is 0.818. The van der Waals surface area contributed by atoms with E-state index in [1.807, 2.05) is 0 Å². The number of ether oxygens (including phenoxy) is 1. The number of halogens is 2. The summed E-state index contributed by atoms with van der Waals surface area (Å²) in [5, 5.41) is 3.86. The standard InChI is InChI=1S/C14H12ClFN2O3/c1-3-21-14(20)11-7-8(2)17-18(11)13(19)12-9(15)5-4-6-10(12)16/h4-7H,3H2,1-2H3. The van der Waals surface area contributed by atoms with E-state index >= 15 is 0 Å². The second kappa shape index (κ2) is 6.05. The van der Waals surface area contributed by atoms with Crippen molar-refractivity contribution >= 4 is 23.5 Å². The molecule has 7 heteroatoms. The Morgan fingerprint density at radius 2 is 2.14 bits per heavy atom. The topological polar surface area (TPSA) is 61.2 Å². The van der Waals surface area contributed by atoms with E-state index in [1.165, 1.54) is 18.2 Å². The van der Waals surface area contributed by atoms with E-state index in [1.54, 1.807) is 13.8 Å². The molecule has 0 aliphatic rings. The molecule has 0 aliphatic carbocycles. The van der Waals surface area contributed by atoms with E-state index < -0.39 is 17.7 Å². The van der Waals surface area contributed by atoms with Gasteiger partial charge in [0.25, 0.3) is 5.91 Å². The zero-order valence-electron chi connectivity index (χ0n) is 11.4. The lowest BCUT2D eigenvalue weighted by Crippen LogP contribution is -2.22. The molecule has 110 valence electrons. The summed E-state index contributed by atoms with van der Waals surface area (Å²) in [6, 6.07) is 5.28. The van der Waals surface area contributed by atoms with Crippen LogP contribution in [0.1, 0.15) is 33.5 Å². The Hall–Kier alpha value is -2.21. The molecular formula is C14H12ClFN2O3. The maximum atomic E-state index is 13.8. The number of nitrogens with zero attached hydrogens (tertiary/aromatic N) is 2. The highest BCUT2D eigenvalue weighted by Gasteiger charge is 2.24. The third-order valence-electron chi connectivity index (χ3n) is 2.69. The van der Waals surface area contributed by atoms with Crippen molar-refractivity contribution in [2.45, 2.75) is 13.8 Å².